The molecule has 0 aromatic carbocycles. The summed E-state index contributed by atoms with van der Waals surface area (Å²) in [4.78, 5) is 24.3. The van der Waals surface area contributed by atoms with Crippen molar-refractivity contribution in [3.8, 4) is 0 Å². The first-order chi connectivity index (χ1) is 10.1. The quantitative estimate of drug-likeness (QED) is 0.588. The van der Waals surface area contributed by atoms with Gasteiger partial charge in [0.1, 0.15) is 0 Å². The lowest BCUT2D eigenvalue weighted by atomic mass is 10.3. The molecule has 0 aliphatic carbocycles. The fourth-order valence-corrected chi connectivity index (χ4v) is 2.03. The van der Waals surface area contributed by atoms with Crippen LogP contribution in [0.2, 0.25) is 0 Å². The summed E-state index contributed by atoms with van der Waals surface area (Å²) in [6.07, 6.45) is 6.16. The maximum absolute atomic E-state index is 12.0. The molecule has 0 atom stereocenters. The van der Waals surface area contributed by atoms with E-state index >= 15 is 0 Å². The van der Waals surface area contributed by atoms with Gasteiger partial charge >= 0.3 is 0 Å². The van der Waals surface area contributed by atoms with Crippen molar-refractivity contribution < 1.29 is 4.79 Å². The van der Waals surface area contributed by atoms with Gasteiger partial charge in [0.25, 0.3) is 0 Å². The van der Waals surface area contributed by atoms with E-state index in [0.29, 0.717) is 23.8 Å². The molecule has 0 saturated carbocycles. The number of nitrogens with one attached hydrogen (secondary N) is 1. The van der Waals surface area contributed by atoms with Crippen molar-refractivity contribution in [3.63, 3.8) is 0 Å². The minimum Gasteiger partial charge on any atom is -0.347 e. The van der Waals surface area contributed by atoms with Crippen LogP contribution in [0.5, 0.6) is 0 Å². The minimum atomic E-state index is 0.0149. The summed E-state index contributed by atoms with van der Waals surface area (Å²) in [6.45, 7) is 3.02. The van der Waals surface area contributed by atoms with Crippen molar-refractivity contribution in [1.82, 2.24) is 19.3 Å². The van der Waals surface area contributed by atoms with Crippen LogP contribution in [0.4, 0.5) is 11.6 Å². The fourth-order valence-electron chi connectivity index (χ4n) is 2.03. The molecule has 2 rings (SSSR count). The maximum atomic E-state index is 12.0. The van der Waals surface area contributed by atoms with Gasteiger partial charge in [0.15, 0.2) is 17.3 Å². The first-order valence-corrected chi connectivity index (χ1v) is 6.82. The van der Waals surface area contributed by atoms with Gasteiger partial charge in [-0.05, 0) is 6.42 Å². The van der Waals surface area contributed by atoms with E-state index in [1.165, 1.54) is 0 Å². The zero-order valence-corrected chi connectivity index (χ0v) is 12.6. The first kappa shape index (κ1) is 15.0. The number of hydrogen-bond acceptors (Lipinski definition) is 6. The Morgan fingerprint density at radius 1 is 1.48 bits per heavy atom. The molecular formula is C13H21N7O. The van der Waals surface area contributed by atoms with Gasteiger partial charge in [-0.3, -0.25) is 4.79 Å². The molecule has 1 amide bonds. The van der Waals surface area contributed by atoms with E-state index in [1.54, 1.807) is 31.4 Å². The molecule has 0 saturated heterocycles. The number of likely N-dealkylation sites (N-methyl/N-ethyl adjacent to an activating group) is 1. The molecule has 2 aromatic rings. The van der Waals surface area contributed by atoms with Crippen LogP contribution < -0.4 is 16.2 Å². The number of aromatic nitrogens is 3. The zero-order valence-electron chi connectivity index (χ0n) is 12.6. The smallest absolute Gasteiger partial charge is 0.241 e. The standard InChI is InChI=1S/C13H21N7O/c1-4-6-19(9-11(21)18(2)3)13-12-15-5-7-20(12)8-10(16-13)17-14/h5,7-8,17H,4,6,9,14H2,1-3H3. The maximum Gasteiger partial charge on any atom is 0.241 e. The Kier molecular flexibility index (Phi) is 4.59. The predicted molar refractivity (Wildman–Crippen MR) is 82.0 cm³/mol. The molecule has 2 aromatic heterocycles. The molecule has 0 radical (unpaired) electrons. The number of hydrogen-bond donors (Lipinski definition) is 2. The Morgan fingerprint density at radius 2 is 2.24 bits per heavy atom. The molecule has 8 heteroatoms. The van der Waals surface area contributed by atoms with Crippen LogP contribution in [-0.4, -0.2) is 52.4 Å². The summed E-state index contributed by atoms with van der Waals surface area (Å²) in [7, 11) is 3.48. The highest BCUT2D eigenvalue weighted by atomic mass is 16.2. The van der Waals surface area contributed by atoms with Gasteiger partial charge in [0, 0.05) is 33.0 Å². The van der Waals surface area contributed by atoms with Gasteiger partial charge < -0.3 is 19.6 Å². The Morgan fingerprint density at radius 3 is 2.86 bits per heavy atom. The van der Waals surface area contributed by atoms with Crippen LogP contribution in [0.25, 0.3) is 5.65 Å². The van der Waals surface area contributed by atoms with Gasteiger partial charge in [-0.1, -0.05) is 6.92 Å². The number of amides is 1. The number of fused-ring (bicyclic) bond motifs is 1. The Hall–Kier alpha value is -2.35. The number of rotatable bonds is 6. The molecule has 8 nitrogen and oxygen atoms in total. The van der Waals surface area contributed by atoms with Crippen LogP contribution in [0.3, 0.4) is 0 Å². The van der Waals surface area contributed by atoms with E-state index in [0.717, 1.165) is 6.42 Å². The second-order valence-corrected chi connectivity index (χ2v) is 4.96. The van der Waals surface area contributed by atoms with E-state index in [2.05, 4.69) is 22.3 Å². The molecule has 0 fully saturated rings. The Bertz CT molecular complexity index is 622. The second kappa shape index (κ2) is 6.40. The molecule has 3 N–H and O–H groups in total. The van der Waals surface area contributed by atoms with Crippen LogP contribution in [0.1, 0.15) is 13.3 Å². The monoisotopic (exact) mass is 291 g/mol. The highest BCUT2D eigenvalue weighted by Crippen LogP contribution is 2.20. The van der Waals surface area contributed by atoms with Crippen molar-refractivity contribution in [1.29, 1.82) is 0 Å². The van der Waals surface area contributed by atoms with Gasteiger partial charge in [-0.15, -0.1) is 0 Å². The summed E-state index contributed by atoms with van der Waals surface area (Å²) in [5, 5.41) is 0. The fraction of sp³-hybridized carbons (Fsp3) is 0.462. The molecular weight excluding hydrogens is 270 g/mol. The Labute approximate surface area is 123 Å². The third-order valence-electron chi connectivity index (χ3n) is 3.12. The molecule has 0 spiro atoms. The van der Waals surface area contributed by atoms with Crippen LogP contribution >= 0.6 is 0 Å². The molecule has 0 aliphatic heterocycles. The summed E-state index contributed by atoms with van der Waals surface area (Å²) in [5.74, 6) is 6.64. The van der Waals surface area contributed by atoms with E-state index in [9.17, 15) is 4.79 Å². The minimum absolute atomic E-state index is 0.0149. The van der Waals surface area contributed by atoms with E-state index in [4.69, 9.17) is 5.84 Å². The van der Waals surface area contributed by atoms with Gasteiger partial charge in [-0.25, -0.2) is 15.8 Å². The summed E-state index contributed by atoms with van der Waals surface area (Å²) in [5.41, 5.74) is 3.24. The molecule has 2 heterocycles. The van der Waals surface area contributed by atoms with Crippen molar-refractivity contribution >= 4 is 23.2 Å². The van der Waals surface area contributed by atoms with Crippen molar-refractivity contribution in [3.05, 3.63) is 18.6 Å². The van der Waals surface area contributed by atoms with Gasteiger partial charge in [0.2, 0.25) is 5.91 Å². The predicted octanol–water partition coefficient (Wildman–Crippen LogP) is 0.320. The van der Waals surface area contributed by atoms with Crippen molar-refractivity contribution in [2.24, 2.45) is 5.84 Å². The van der Waals surface area contributed by atoms with Gasteiger partial charge in [-0.2, -0.15) is 0 Å². The number of carbonyl (C=O) groups is 1. The first-order valence-electron chi connectivity index (χ1n) is 6.82. The number of carbonyl (C=O) groups excluding carboxylic acids is 1. The highest BCUT2D eigenvalue weighted by Gasteiger charge is 2.18. The molecule has 114 valence electrons. The second-order valence-electron chi connectivity index (χ2n) is 4.96. The molecule has 0 bridgehead atoms. The molecule has 0 aliphatic rings. The Balaban J connectivity index is 2.43. The number of anilines is 2. The lowest BCUT2D eigenvalue weighted by molar-refractivity contribution is -0.127. The van der Waals surface area contributed by atoms with E-state index < -0.39 is 0 Å². The van der Waals surface area contributed by atoms with Crippen LogP contribution in [0, 0.1) is 0 Å². The number of nitrogens with zero attached hydrogens (tertiary/aromatic N) is 5. The van der Waals surface area contributed by atoms with Crippen LogP contribution in [0.15, 0.2) is 18.6 Å². The average molecular weight is 291 g/mol. The third kappa shape index (κ3) is 3.22. The third-order valence-corrected chi connectivity index (χ3v) is 3.12. The number of imidazole rings is 1. The lowest BCUT2D eigenvalue weighted by Crippen LogP contribution is -2.38. The topological polar surface area (TPSA) is 91.8 Å². The van der Waals surface area contributed by atoms with E-state index in [-0.39, 0.29) is 12.5 Å². The van der Waals surface area contributed by atoms with Crippen LogP contribution in [-0.2, 0) is 4.79 Å². The van der Waals surface area contributed by atoms with Crippen molar-refractivity contribution in [2.45, 2.75) is 13.3 Å². The largest absolute Gasteiger partial charge is 0.347 e. The zero-order chi connectivity index (χ0) is 15.4. The van der Waals surface area contributed by atoms with E-state index in [1.807, 2.05) is 15.5 Å². The van der Waals surface area contributed by atoms with Gasteiger partial charge in [0.05, 0.1) is 12.7 Å². The molecule has 21 heavy (non-hydrogen) atoms. The highest BCUT2D eigenvalue weighted by molar-refractivity contribution is 5.82. The number of hydrazine groups is 1. The summed E-state index contributed by atoms with van der Waals surface area (Å²) in [6, 6.07) is 0. The normalized spacial score (nSPS) is 10.7. The summed E-state index contributed by atoms with van der Waals surface area (Å²) < 4.78 is 1.83. The lowest BCUT2D eigenvalue weighted by Gasteiger charge is -2.25. The number of nitrogen functional groups attached to an aromatic ring is 1. The molecule has 0 unspecified atom stereocenters. The average Bonchev–Trinajstić information content (AvgIpc) is 2.93. The van der Waals surface area contributed by atoms with Crippen molar-refractivity contribution in [2.75, 3.05) is 37.5 Å². The summed E-state index contributed by atoms with van der Waals surface area (Å²) >= 11 is 0. The SMILES string of the molecule is CCCN(CC(=O)N(C)C)c1nc(NN)cn2ccnc12. The number of nitrogens with two attached hydrogens (primary N) is 1.